The third kappa shape index (κ3) is 15.4. The minimum absolute atomic E-state index is 0.0837. The first-order valence-corrected chi connectivity index (χ1v) is 23.8. The summed E-state index contributed by atoms with van der Waals surface area (Å²) in [6, 6.07) is 25.9. The summed E-state index contributed by atoms with van der Waals surface area (Å²) in [6.07, 6.45) is 13.5. The number of nitrogens with zero attached hydrogens (tertiary/aromatic N) is 1. The second-order valence-electron chi connectivity index (χ2n) is 16.8. The van der Waals surface area contributed by atoms with Crippen molar-refractivity contribution in [2.75, 3.05) is 40.6 Å². The molecule has 2 heterocycles. The van der Waals surface area contributed by atoms with E-state index in [-0.39, 0.29) is 19.8 Å². The molecule has 360 valence electrons. The van der Waals surface area contributed by atoms with Crippen LogP contribution in [0.4, 0.5) is 0 Å². The number of nitrogens with one attached hydrogen (secondary N) is 1. The van der Waals surface area contributed by atoms with Crippen molar-refractivity contribution < 1.29 is 47.9 Å². The molecule has 14 heteroatoms. The van der Waals surface area contributed by atoms with Gasteiger partial charge in [0, 0.05) is 18.9 Å². The molecule has 1 aliphatic rings. The Morgan fingerprint density at radius 1 is 0.667 bits per heavy atom. The third-order valence-corrected chi connectivity index (χ3v) is 12.0. The van der Waals surface area contributed by atoms with Crippen molar-refractivity contribution in [3.05, 3.63) is 129 Å². The molecule has 0 radical (unpaired) electrons. The van der Waals surface area contributed by atoms with E-state index in [0.29, 0.717) is 18.1 Å². The summed E-state index contributed by atoms with van der Waals surface area (Å²) in [5.41, 5.74) is -0.372. The van der Waals surface area contributed by atoms with Crippen molar-refractivity contribution in [1.82, 2.24) is 9.55 Å². The Bertz CT molecular complexity index is 2070. The molecule has 1 saturated heterocycles. The minimum atomic E-state index is -1.29. The fourth-order valence-corrected chi connectivity index (χ4v) is 8.47. The number of carbonyl (C=O) groups is 2. The molecule has 4 aromatic rings. The molecule has 2 unspecified atom stereocenters. The van der Waals surface area contributed by atoms with Crippen LogP contribution in [0.1, 0.15) is 133 Å². The van der Waals surface area contributed by atoms with Crippen LogP contribution >= 0.6 is 0 Å². The van der Waals surface area contributed by atoms with Crippen molar-refractivity contribution >= 4 is 11.9 Å². The Morgan fingerprint density at radius 2 is 1.21 bits per heavy atom. The van der Waals surface area contributed by atoms with E-state index >= 15 is 0 Å². The number of esters is 1. The predicted molar refractivity (Wildman–Crippen MR) is 251 cm³/mol. The fraction of sp³-hybridized carbons (Fsp3) is 0.538. The number of aromatic amines is 1. The molecule has 4 atom stereocenters. The van der Waals surface area contributed by atoms with Gasteiger partial charge < -0.3 is 38.3 Å². The molecule has 0 amide bonds. The molecule has 5 rings (SSSR count). The minimum Gasteiger partial charge on any atom is -0.497 e. The Balaban J connectivity index is 1.33. The molecule has 2 N–H and O–H groups in total. The SMILES string of the molecule is CCCCCCCCCCCCCCCCOCCOC1C(OC(=O)CCC(=O)O)[C@H](n2ccc(=O)[nH]c2=O)O[C@@H]1COC(c1ccccc1)(c1ccc(OC)cc1)c1ccc(OC)cc1. The maximum Gasteiger partial charge on any atom is 0.330 e. The van der Waals surface area contributed by atoms with Gasteiger partial charge in [0.05, 0.1) is 46.9 Å². The van der Waals surface area contributed by atoms with Crippen molar-refractivity contribution in [2.24, 2.45) is 0 Å². The maximum absolute atomic E-state index is 13.3. The van der Waals surface area contributed by atoms with E-state index in [9.17, 15) is 24.3 Å². The smallest absolute Gasteiger partial charge is 0.330 e. The van der Waals surface area contributed by atoms with Crippen LogP contribution in [0.15, 0.2) is 101 Å². The van der Waals surface area contributed by atoms with E-state index in [1.807, 2.05) is 78.9 Å². The van der Waals surface area contributed by atoms with Crippen LogP contribution in [0, 0.1) is 0 Å². The first-order chi connectivity index (χ1) is 32.2. The summed E-state index contributed by atoms with van der Waals surface area (Å²) in [4.78, 5) is 52.4. The lowest BCUT2D eigenvalue weighted by Crippen LogP contribution is -2.43. The van der Waals surface area contributed by atoms with E-state index < -0.39 is 66.2 Å². The monoisotopic (exact) mass is 914 g/mol. The van der Waals surface area contributed by atoms with Crippen LogP contribution in [-0.2, 0) is 38.9 Å². The molecular formula is C52H70N2O12. The summed E-state index contributed by atoms with van der Waals surface area (Å²) in [7, 11) is 3.19. The maximum atomic E-state index is 13.3. The van der Waals surface area contributed by atoms with Gasteiger partial charge in [0.25, 0.3) is 5.56 Å². The number of rotatable bonds is 32. The van der Waals surface area contributed by atoms with Gasteiger partial charge in [-0.3, -0.25) is 23.9 Å². The van der Waals surface area contributed by atoms with Crippen molar-refractivity contribution in [3.63, 3.8) is 0 Å². The second-order valence-corrected chi connectivity index (χ2v) is 16.8. The molecule has 14 nitrogen and oxygen atoms in total. The number of benzene rings is 3. The fourth-order valence-electron chi connectivity index (χ4n) is 8.47. The predicted octanol–water partition coefficient (Wildman–Crippen LogP) is 9.12. The number of hydrogen-bond donors (Lipinski definition) is 2. The number of aromatic nitrogens is 2. The highest BCUT2D eigenvalue weighted by Crippen LogP contribution is 2.43. The Morgan fingerprint density at radius 3 is 1.74 bits per heavy atom. The summed E-state index contributed by atoms with van der Waals surface area (Å²) < 4.78 is 44.4. The average Bonchev–Trinajstić information content (AvgIpc) is 3.66. The van der Waals surface area contributed by atoms with Gasteiger partial charge in [-0.15, -0.1) is 0 Å². The van der Waals surface area contributed by atoms with Crippen molar-refractivity contribution in [2.45, 2.75) is 140 Å². The molecule has 1 aliphatic heterocycles. The second kappa shape index (κ2) is 28.0. The Kier molecular flexibility index (Phi) is 22.0. The zero-order valence-corrected chi connectivity index (χ0v) is 39.0. The summed E-state index contributed by atoms with van der Waals surface area (Å²) in [5, 5.41) is 9.34. The van der Waals surface area contributed by atoms with Crippen LogP contribution in [0.5, 0.6) is 11.5 Å². The lowest BCUT2D eigenvalue weighted by Gasteiger charge is -2.37. The van der Waals surface area contributed by atoms with E-state index in [1.165, 1.54) is 76.8 Å². The van der Waals surface area contributed by atoms with Gasteiger partial charge in [-0.2, -0.15) is 0 Å². The van der Waals surface area contributed by atoms with Gasteiger partial charge in [0.1, 0.15) is 29.3 Å². The van der Waals surface area contributed by atoms with Crippen LogP contribution in [0.3, 0.4) is 0 Å². The van der Waals surface area contributed by atoms with Crippen molar-refractivity contribution in [3.8, 4) is 11.5 Å². The molecule has 0 saturated carbocycles. The molecular weight excluding hydrogens is 845 g/mol. The summed E-state index contributed by atoms with van der Waals surface area (Å²) >= 11 is 0. The summed E-state index contributed by atoms with van der Waals surface area (Å²) in [6.45, 7) is 2.97. The zero-order valence-electron chi connectivity index (χ0n) is 39.0. The number of carboxylic acid groups (broad SMARTS) is 1. The molecule has 66 heavy (non-hydrogen) atoms. The van der Waals surface area contributed by atoms with E-state index in [1.54, 1.807) is 14.2 Å². The highest BCUT2D eigenvalue weighted by molar-refractivity contribution is 5.76. The number of unbranched alkanes of at least 4 members (excludes halogenated alkanes) is 13. The van der Waals surface area contributed by atoms with Gasteiger partial charge in [0.2, 0.25) is 0 Å². The topological polar surface area (TPSA) is 174 Å². The normalized spacial score (nSPS) is 17.1. The molecule has 0 spiro atoms. The lowest BCUT2D eigenvalue weighted by molar-refractivity contribution is -0.162. The zero-order chi connectivity index (χ0) is 47.0. The number of ether oxygens (including phenoxy) is 7. The molecule has 3 aromatic carbocycles. The Labute approximate surface area is 388 Å². The van der Waals surface area contributed by atoms with E-state index in [4.69, 9.17) is 33.2 Å². The standard InChI is InChI=1S/C52H70N2O12/c1-4-5-6-7-8-9-10-11-12-13-14-15-16-20-35-62-36-37-63-48-44(65-50(54-34-33-45(55)53-51(54)59)49(48)66-47(58)32-31-46(56)57)38-64-52(39-21-18-17-19-22-39,40-23-27-42(60-2)28-24-40)41-25-29-43(61-3)30-26-41/h17-19,21-30,33-34,44,48-50H,4-16,20,31-32,35-38H2,1-3H3,(H,56,57)(H,53,55,59)/t44-,48?,49?,50-/m1/s1. The van der Waals surface area contributed by atoms with E-state index in [0.717, 1.165) is 46.6 Å². The first-order valence-electron chi connectivity index (χ1n) is 23.8. The highest BCUT2D eigenvalue weighted by Gasteiger charge is 2.51. The van der Waals surface area contributed by atoms with Crippen LogP contribution in [0.2, 0.25) is 0 Å². The molecule has 1 fully saturated rings. The van der Waals surface area contributed by atoms with Gasteiger partial charge in [0.15, 0.2) is 12.3 Å². The van der Waals surface area contributed by atoms with Crippen LogP contribution in [-0.4, -0.2) is 85.6 Å². The van der Waals surface area contributed by atoms with Gasteiger partial charge in [-0.25, -0.2) is 4.79 Å². The largest absolute Gasteiger partial charge is 0.497 e. The van der Waals surface area contributed by atoms with E-state index in [2.05, 4.69) is 11.9 Å². The lowest BCUT2D eigenvalue weighted by atomic mass is 9.80. The van der Waals surface area contributed by atoms with Gasteiger partial charge in [-0.05, 0) is 47.4 Å². The molecule has 0 aliphatic carbocycles. The van der Waals surface area contributed by atoms with Crippen molar-refractivity contribution in [1.29, 1.82) is 0 Å². The first kappa shape index (κ1) is 51.7. The average molecular weight is 915 g/mol. The van der Waals surface area contributed by atoms with Crippen LogP contribution in [0.25, 0.3) is 0 Å². The quantitative estimate of drug-likeness (QED) is 0.0271. The molecule has 0 bridgehead atoms. The molecule has 1 aromatic heterocycles. The van der Waals surface area contributed by atoms with Gasteiger partial charge in [-0.1, -0.05) is 145 Å². The van der Waals surface area contributed by atoms with Crippen LogP contribution < -0.4 is 20.7 Å². The Hall–Kier alpha value is -5.28. The highest BCUT2D eigenvalue weighted by atomic mass is 16.6. The number of aliphatic carboxylic acids is 1. The third-order valence-electron chi connectivity index (χ3n) is 12.0. The summed E-state index contributed by atoms with van der Waals surface area (Å²) in [5.74, 6) is -0.701. The number of hydrogen-bond acceptors (Lipinski definition) is 11. The number of carboxylic acids is 1. The van der Waals surface area contributed by atoms with Gasteiger partial charge >= 0.3 is 17.6 Å². The number of methoxy groups -OCH3 is 2. The number of H-pyrrole nitrogens is 1. The number of carbonyl (C=O) groups excluding carboxylic acids is 1.